The highest BCUT2D eigenvalue weighted by Gasteiger charge is 2.25. The number of hydrogen-bond acceptors (Lipinski definition) is 4. The molecule has 0 amide bonds. The summed E-state index contributed by atoms with van der Waals surface area (Å²) in [7, 11) is 2.00. The molecule has 1 fully saturated rings. The summed E-state index contributed by atoms with van der Waals surface area (Å²) >= 11 is 0. The second-order valence-corrected chi connectivity index (χ2v) is 4.89. The topological polar surface area (TPSA) is 115 Å². The molecular weight excluding hydrogens is 300 g/mol. The average Bonchev–Trinajstić information content (AvgIpc) is 3.17. The van der Waals surface area contributed by atoms with Gasteiger partial charge < -0.3 is 20.4 Å². The van der Waals surface area contributed by atoms with Crippen molar-refractivity contribution in [3.05, 3.63) is 36.5 Å². The molecule has 2 atom stereocenters. The Morgan fingerprint density at radius 2 is 1.04 bits per heavy atom. The van der Waals surface area contributed by atoms with Gasteiger partial charge in [-0.2, -0.15) is 0 Å². The van der Waals surface area contributed by atoms with Crippen LogP contribution in [0.25, 0.3) is 0 Å². The van der Waals surface area contributed by atoms with E-state index < -0.39 is 11.9 Å². The monoisotopic (exact) mass is 330 g/mol. The lowest BCUT2D eigenvalue weighted by Gasteiger charge is -1.96. The Kier molecular flexibility index (Phi) is 18.6. The molecule has 2 aliphatic carbocycles. The van der Waals surface area contributed by atoms with Crippen LogP contribution < -0.4 is 0 Å². The first kappa shape index (κ1) is 26.0. The predicted octanol–water partition coefficient (Wildman–Crippen LogP) is 2.48. The number of hydrogen-bond donors (Lipinski definition) is 4. The summed E-state index contributed by atoms with van der Waals surface area (Å²) in [5.74, 6) is 0.111. The average molecular weight is 330 g/mol. The molecule has 1 saturated carbocycles. The zero-order valence-corrected chi connectivity index (χ0v) is 14.5. The molecule has 0 aromatic carbocycles. The predicted molar refractivity (Wildman–Crippen MR) is 91.2 cm³/mol. The molecule has 134 valence electrons. The number of carboxylic acids is 2. The van der Waals surface area contributed by atoms with Gasteiger partial charge in [-0.25, -0.2) is 9.59 Å². The molecule has 0 radical (unpaired) electrons. The molecule has 0 aliphatic heterocycles. The molecule has 0 saturated heterocycles. The van der Waals surface area contributed by atoms with E-state index in [9.17, 15) is 9.59 Å². The summed E-state index contributed by atoms with van der Waals surface area (Å²) in [5, 5.41) is 29.8. The summed E-state index contributed by atoms with van der Waals surface area (Å²) in [5.41, 5.74) is 0.352. The van der Waals surface area contributed by atoms with Crippen LogP contribution in [0.3, 0.4) is 0 Å². The van der Waals surface area contributed by atoms with E-state index in [2.05, 4.69) is 25.3 Å². The van der Waals surface area contributed by atoms with Crippen LogP contribution in [0, 0.1) is 11.8 Å². The summed E-state index contributed by atoms with van der Waals surface area (Å²) in [6.07, 6.45) is 9.19. The molecule has 0 spiro atoms. The molecule has 6 nitrogen and oxygen atoms in total. The van der Waals surface area contributed by atoms with Gasteiger partial charge in [0.05, 0.1) is 0 Å². The van der Waals surface area contributed by atoms with Crippen LogP contribution in [0.2, 0.25) is 0 Å². The summed E-state index contributed by atoms with van der Waals surface area (Å²) in [6, 6.07) is 0. The maximum Gasteiger partial charge on any atom is 0.330 e. The van der Waals surface area contributed by atoms with Gasteiger partial charge in [0.15, 0.2) is 0 Å². The van der Waals surface area contributed by atoms with Gasteiger partial charge in [-0.3, -0.25) is 0 Å². The lowest BCUT2D eigenvalue weighted by molar-refractivity contribution is -0.133. The smallest absolute Gasteiger partial charge is 0.330 e. The van der Waals surface area contributed by atoms with Crippen molar-refractivity contribution in [2.24, 2.45) is 11.8 Å². The van der Waals surface area contributed by atoms with E-state index >= 15 is 0 Å². The Morgan fingerprint density at radius 3 is 1.09 bits per heavy atom. The van der Waals surface area contributed by atoms with Crippen LogP contribution in [0.4, 0.5) is 0 Å². The minimum Gasteiger partial charge on any atom is -0.478 e. The second kappa shape index (κ2) is 16.5. The molecule has 0 heterocycles. The molecule has 2 unspecified atom stereocenters. The van der Waals surface area contributed by atoms with Crippen molar-refractivity contribution in [3.8, 4) is 0 Å². The third-order valence-corrected chi connectivity index (χ3v) is 2.90. The first-order valence-electron chi connectivity index (χ1n) is 7.09. The van der Waals surface area contributed by atoms with Crippen LogP contribution in [-0.2, 0) is 9.59 Å². The second-order valence-electron chi connectivity index (χ2n) is 4.89. The van der Waals surface area contributed by atoms with E-state index in [1.54, 1.807) is 0 Å². The van der Waals surface area contributed by atoms with Crippen LogP contribution in [0.1, 0.15) is 33.1 Å². The van der Waals surface area contributed by atoms with Crippen molar-refractivity contribution >= 4 is 11.9 Å². The number of aliphatic hydroxyl groups excluding tert-OH is 2. The Morgan fingerprint density at radius 1 is 0.826 bits per heavy atom. The fourth-order valence-electron chi connectivity index (χ4n) is 1.72. The highest BCUT2D eigenvalue weighted by atomic mass is 16.4. The van der Waals surface area contributed by atoms with Gasteiger partial charge in [-0.1, -0.05) is 25.3 Å². The van der Waals surface area contributed by atoms with E-state index in [4.69, 9.17) is 20.4 Å². The largest absolute Gasteiger partial charge is 0.478 e. The van der Waals surface area contributed by atoms with Crippen LogP contribution in [-0.4, -0.2) is 46.6 Å². The number of aliphatic carboxylic acids is 2. The highest BCUT2D eigenvalue weighted by molar-refractivity contribution is 5.85. The number of allylic oxidation sites excluding steroid dienone is 2. The fourth-order valence-corrected chi connectivity index (χ4v) is 1.72. The third-order valence-electron chi connectivity index (χ3n) is 2.90. The normalized spacial score (nSPS) is 18.3. The Balaban J connectivity index is -0.000000237. The lowest BCUT2D eigenvalue weighted by atomic mass is 10.1. The standard InChI is InChI=1S/C7H10.2C4H6O2.2CH4O/c1-2-7-4-3-6(1)5-7;2*1-3(2)4(5)6;2*1-2/h1-2,6-7H,3-5H2;2*1H2,2H3,(H,5,6);2*2H,1H3. The van der Waals surface area contributed by atoms with Gasteiger partial charge in [0.25, 0.3) is 0 Å². The van der Waals surface area contributed by atoms with Crippen LogP contribution in [0.15, 0.2) is 36.5 Å². The van der Waals surface area contributed by atoms with Gasteiger partial charge in [0, 0.05) is 25.4 Å². The maximum absolute atomic E-state index is 9.60. The van der Waals surface area contributed by atoms with E-state index in [-0.39, 0.29) is 11.1 Å². The molecule has 2 rings (SSSR count). The zero-order chi connectivity index (χ0) is 19.0. The molecule has 2 bridgehead atoms. The number of rotatable bonds is 2. The number of fused-ring (bicyclic) bond motifs is 2. The van der Waals surface area contributed by atoms with Crippen molar-refractivity contribution in [3.63, 3.8) is 0 Å². The van der Waals surface area contributed by atoms with Crippen LogP contribution in [0.5, 0.6) is 0 Å². The molecular formula is C17H30O6. The summed E-state index contributed by atoms with van der Waals surface area (Å²) < 4.78 is 0. The highest BCUT2D eigenvalue weighted by Crippen LogP contribution is 2.38. The molecule has 0 aromatic rings. The van der Waals surface area contributed by atoms with Crippen LogP contribution >= 0.6 is 0 Å². The SMILES string of the molecule is C1=CC2CCC1C2.C=C(C)C(=O)O.C=C(C)C(=O)O.CO.CO. The molecule has 0 aromatic heterocycles. The first-order chi connectivity index (χ1) is 10.7. The Hall–Kier alpha value is -1.92. The molecule has 23 heavy (non-hydrogen) atoms. The Bertz CT molecular complexity index is 338. The van der Waals surface area contributed by atoms with Crippen molar-refractivity contribution in [1.82, 2.24) is 0 Å². The fraction of sp³-hybridized carbons (Fsp3) is 0.529. The Labute approximate surface area is 138 Å². The summed E-state index contributed by atoms with van der Waals surface area (Å²) in [6.45, 7) is 9.20. The van der Waals surface area contributed by atoms with Crippen molar-refractivity contribution < 1.29 is 30.0 Å². The number of carboxylic acid groups (broad SMARTS) is 2. The van der Waals surface area contributed by atoms with Crippen molar-refractivity contribution in [1.29, 1.82) is 0 Å². The van der Waals surface area contributed by atoms with Gasteiger partial charge in [0.1, 0.15) is 0 Å². The maximum atomic E-state index is 9.60. The minimum atomic E-state index is -0.935. The van der Waals surface area contributed by atoms with Gasteiger partial charge in [-0.05, 0) is 44.9 Å². The van der Waals surface area contributed by atoms with Gasteiger partial charge >= 0.3 is 11.9 Å². The first-order valence-corrected chi connectivity index (χ1v) is 7.09. The van der Waals surface area contributed by atoms with Gasteiger partial charge in [0.2, 0.25) is 0 Å². The van der Waals surface area contributed by atoms with Gasteiger partial charge in [-0.15, -0.1) is 0 Å². The minimum absolute atomic E-state index is 0.176. The zero-order valence-electron chi connectivity index (χ0n) is 14.5. The number of aliphatic hydroxyl groups is 2. The quantitative estimate of drug-likeness (QED) is 0.457. The third kappa shape index (κ3) is 16.3. The lowest BCUT2D eigenvalue weighted by Crippen LogP contribution is -1.92. The van der Waals surface area contributed by atoms with Crippen molar-refractivity contribution in [2.45, 2.75) is 33.1 Å². The van der Waals surface area contributed by atoms with E-state index in [0.717, 1.165) is 26.1 Å². The van der Waals surface area contributed by atoms with Crippen molar-refractivity contribution in [2.75, 3.05) is 14.2 Å². The van der Waals surface area contributed by atoms with E-state index in [0.29, 0.717) is 0 Å². The van der Waals surface area contributed by atoms with E-state index in [1.165, 1.54) is 33.1 Å². The molecule has 2 aliphatic rings. The molecule has 6 heteroatoms. The summed E-state index contributed by atoms with van der Waals surface area (Å²) in [4.78, 5) is 19.2. The van der Waals surface area contributed by atoms with E-state index in [1.807, 2.05) is 0 Å². The number of carbonyl (C=O) groups is 2. The molecule has 4 N–H and O–H groups in total.